The molecule has 0 amide bonds. The van der Waals surface area contributed by atoms with E-state index in [1.165, 1.54) is 26.0 Å². The SMILES string of the molecule is CCC1CCC(C)(O)C(OC(C)=O)C=CC(C)C(C(C)=CC=CC(C)(F)C(=O)C2OC2C(C)C(CC)OC)OC(=O)C1. The predicted molar refractivity (Wildman–Crippen MR) is 158 cm³/mol. The Bertz CT molecular complexity index is 1030. The third kappa shape index (κ3) is 9.85. The number of carbonyl (C=O) groups is 3. The number of alkyl halides is 1. The van der Waals surface area contributed by atoms with E-state index in [0.29, 0.717) is 18.4 Å². The van der Waals surface area contributed by atoms with Crippen molar-refractivity contribution < 1.29 is 42.8 Å². The average Bonchev–Trinajstić information content (AvgIpc) is 3.71. The summed E-state index contributed by atoms with van der Waals surface area (Å²) in [6.45, 7) is 13.6. The van der Waals surface area contributed by atoms with Crippen molar-refractivity contribution >= 4 is 17.7 Å². The molecule has 10 unspecified atom stereocenters. The Balaban J connectivity index is 2.25. The highest BCUT2D eigenvalue weighted by Gasteiger charge is 2.54. The van der Waals surface area contributed by atoms with Crippen LogP contribution >= 0.6 is 0 Å². The molecule has 0 aromatic carbocycles. The molecule has 2 aliphatic heterocycles. The zero-order valence-corrected chi connectivity index (χ0v) is 26.7. The van der Waals surface area contributed by atoms with Gasteiger partial charge in [0.1, 0.15) is 23.9 Å². The topological polar surface area (TPSA) is 112 Å². The van der Waals surface area contributed by atoms with Crippen molar-refractivity contribution in [1.82, 2.24) is 0 Å². The molecule has 0 spiro atoms. The minimum atomic E-state index is -2.25. The van der Waals surface area contributed by atoms with Crippen LogP contribution in [0.15, 0.2) is 36.0 Å². The first-order chi connectivity index (χ1) is 19.6. The maximum Gasteiger partial charge on any atom is 0.306 e. The van der Waals surface area contributed by atoms with Crippen LogP contribution in [-0.4, -0.2) is 71.7 Å². The largest absolute Gasteiger partial charge is 0.457 e. The maximum absolute atomic E-state index is 15.5. The second kappa shape index (κ2) is 15.4. The number of hydrogen-bond donors (Lipinski definition) is 1. The van der Waals surface area contributed by atoms with Crippen LogP contribution in [0.25, 0.3) is 0 Å². The number of Topliss-reactive ketones (excluding diaryl/α,β-unsaturated/α-hetero) is 1. The Morgan fingerprint density at radius 3 is 2.50 bits per heavy atom. The Kier molecular flexibility index (Phi) is 13.1. The number of rotatable bonds is 11. The molecule has 2 aliphatic rings. The maximum atomic E-state index is 15.5. The van der Waals surface area contributed by atoms with E-state index in [0.717, 1.165) is 12.8 Å². The molecule has 9 heteroatoms. The third-order valence-electron chi connectivity index (χ3n) is 8.62. The molecule has 2 heterocycles. The van der Waals surface area contributed by atoms with Gasteiger partial charge in [0.25, 0.3) is 0 Å². The lowest BCUT2D eigenvalue weighted by atomic mass is 9.85. The number of allylic oxidation sites excluding steroid dienone is 3. The first-order valence-corrected chi connectivity index (χ1v) is 15.1. The molecular weight excluding hydrogens is 543 g/mol. The second-order valence-corrected chi connectivity index (χ2v) is 12.3. The number of aliphatic hydroxyl groups is 1. The molecule has 0 bridgehead atoms. The van der Waals surface area contributed by atoms with Crippen LogP contribution in [0, 0.1) is 17.8 Å². The summed E-state index contributed by atoms with van der Waals surface area (Å²) in [6.07, 6.45) is 7.37. The number of carbonyl (C=O) groups excluding carboxylic acids is 3. The summed E-state index contributed by atoms with van der Waals surface area (Å²) in [5.74, 6) is -1.94. The predicted octanol–water partition coefficient (Wildman–Crippen LogP) is 5.61. The van der Waals surface area contributed by atoms with E-state index in [2.05, 4.69) is 0 Å². The first kappa shape index (κ1) is 35.8. The van der Waals surface area contributed by atoms with Crippen LogP contribution < -0.4 is 0 Å². The molecule has 1 saturated heterocycles. The number of ketones is 1. The number of cyclic esters (lactones) is 1. The van der Waals surface area contributed by atoms with Gasteiger partial charge in [0, 0.05) is 32.3 Å². The van der Waals surface area contributed by atoms with Crippen molar-refractivity contribution in [3.8, 4) is 0 Å². The van der Waals surface area contributed by atoms with Crippen LogP contribution in [0.2, 0.25) is 0 Å². The van der Waals surface area contributed by atoms with Crippen molar-refractivity contribution in [2.75, 3.05) is 7.11 Å². The lowest BCUT2D eigenvalue weighted by Gasteiger charge is -2.33. The van der Waals surface area contributed by atoms with Crippen molar-refractivity contribution in [2.45, 2.75) is 129 Å². The first-order valence-electron chi connectivity index (χ1n) is 15.1. The minimum absolute atomic E-state index is 0.0172. The molecule has 0 aliphatic carbocycles. The fraction of sp³-hybridized carbons (Fsp3) is 0.727. The summed E-state index contributed by atoms with van der Waals surface area (Å²) in [5, 5.41) is 11.1. The van der Waals surface area contributed by atoms with Gasteiger partial charge in [-0.15, -0.1) is 0 Å². The zero-order chi connectivity index (χ0) is 31.8. The number of ether oxygens (including phenoxy) is 4. The van der Waals surface area contributed by atoms with Crippen LogP contribution in [0.5, 0.6) is 0 Å². The average molecular weight is 595 g/mol. The monoisotopic (exact) mass is 594 g/mol. The van der Waals surface area contributed by atoms with E-state index in [1.807, 2.05) is 27.7 Å². The van der Waals surface area contributed by atoms with Gasteiger partial charge in [0.2, 0.25) is 5.78 Å². The number of esters is 2. The smallest absolute Gasteiger partial charge is 0.306 e. The number of halogens is 1. The molecule has 1 fully saturated rings. The van der Waals surface area contributed by atoms with Crippen LogP contribution in [0.4, 0.5) is 4.39 Å². The van der Waals surface area contributed by atoms with Crippen LogP contribution in [-0.2, 0) is 33.3 Å². The van der Waals surface area contributed by atoms with Gasteiger partial charge in [-0.2, -0.15) is 0 Å². The molecule has 0 radical (unpaired) electrons. The lowest BCUT2D eigenvalue weighted by Crippen LogP contribution is -2.42. The highest BCUT2D eigenvalue weighted by Crippen LogP contribution is 2.37. The highest BCUT2D eigenvalue weighted by molar-refractivity contribution is 5.95. The van der Waals surface area contributed by atoms with E-state index in [9.17, 15) is 19.5 Å². The molecule has 10 atom stereocenters. The van der Waals surface area contributed by atoms with Gasteiger partial charge in [0.15, 0.2) is 5.67 Å². The summed E-state index contributed by atoms with van der Waals surface area (Å²) in [7, 11) is 1.61. The minimum Gasteiger partial charge on any atom is -0.457 e. The van der Waals surface area contributed by atoms with Gasteiger partial charge < -0.3 is 24.1 Å². The summed E-state index contributed by atoms with van der Waals surface area (Å²) in [6, 6.07) is 0. The second-order valence-electron chi connectivity index (χ2n) is 12.3. The van der Waals surface area contributed by atoms with Gasteiger partial charge in [-0.3, -0.25) is 14.4 Å². The summed E-state index contributed by atoms with van der Waals surface area (Å²) >= 11 is 0. The fourth-order valence-electron chi connectivity index (χ4n) is 5.59. The molecule has 2 rings (SSSR count). The standard InChI is InChI=1S/C33H51FO8/c1-10-24-16-18-33(8,38)26(40-23(6)35)15-14-21(4)28(41-27(36)19-24)20(3)13-12-17-32(7,34)31(37)30-29(42-30)22(5)25(11-2)39-9/h12-15,17,21-22,24-26,28-30,38H,10-11,16,18-19H2,1-9H3. The van der Waals surface area contributed by atoms with E-state index < -0.39 is 41.3 Å². The summed E-state index contributed by atoms with van der Waals surface area (Å²) in [4.78, 5) is 37.6. The third-order valence-corrected chi connectivity index (χ3v) is 8.62. The number of methoxy groups -OCH3 is 1. The van der Waals surface area contributed by atoms with E-state index >= 15 is 4.39 Å². The van der Waals surface area contributed by atoms with Crippen LogP contribution in [0.1, 0.15) is 87.5 Å². The van der Waals surface area contributed by atoms with Gasteiger partial charge in [-0.25, -0.2) is 4.39 Å². The molecule has 8 nitrogen and oxygen atoms in total. The molecule has 0 saturated carbocycles. The van der Waals surface area contributed by atoms with E-state index in [1.54, 1.807) is 39.2 Å². The number of epoxide rings is 1. The van der Waals surface area contributed by atoms with Gasteiger partial charge in [-0.05, 0) is 63.7 Å². The zero-order valence-electron chi connectivity index (χ0n) is 26.7. The lowest BCUT2D eigenvalue weighted by molar-refractivity contribution is -0.156. The van der Waals surface area contributed by atoms with Gasteiger partial charge in [0.05, 0.1) is 12.2 Å². The molecule has 0 aromatic heterocycles. The fourth-order valence-corrected chi connectivity index (χ4v) is 5.59. The van der Waals surface area contributed by atoms with Gasteiger partial charge in [-0.1, -0.05) is 52.3 Å². The Labute approximate surface area is 250 Å². The molecule has 238 valence electrons. The summed E-state index contributed by atoms with van der Waals surface area (Å²) < 4.78 is 37.8. The Morgan fingerprint density at radius 2 is 1.93 bits per heavy atom. The van der Waals surface area contributed by atoms with Crippen LogP contribution in [0.3, 0.4) is 0 Å². The van der Waals surface area contributed by atoms with Crippen molar-refractivity contribution in [2.24, 2.45) is 17.8 Å². The Morgan fingerprint density at radius 1 is 1.26 bits per heavy atom. The van der Waals surface area contributed by atoms with Crippen molar-refractivity contribution in [1.29, 1.82) is 0 Å². The molecular formula is C33H51FO8. The van der Waals surface area contributed by atoms with E-state index in [-0.39, 0.29) is 42.4 Å². The molecule has 1 N–H and O–H groups in total. The van der Waals surface area contributed by atoms with Crippen molar-refractivity contribution in [3.63, 3.8) is 0 Å². The highest BCUT2D eigenvalue weighted by atomic mass is 19.1. The summed E-state index contributed by atoms with van der Waals surface area (Å²) in [5.41, 5.74) is -2.93. The Hall–Kier alpha value is -2.36. The van der Waals surface area contributed by atoms with Gasteiger partial charge >= 0.3 is 11.9 Å². The molecule has 0 aromatic rings. The number of hydrogen-bond acceptors (Lipinski definition) is 8. The van der Waals surface area contributed by atoms with E-state index in [4.69, 9.17) is 18.9 Å². The van der Waals surface area contributed by atoms with Crippen molar-refractivity contribution in [3.05, 3.63) is 36.0 Å². The molecule has 42 heavy (non-hydrogen) atoms. The normalized spacial score (nSPS) is 34.0. The quantitative estimate of drug-likeness (QED) is 0.142.